The fourth-order valence-corrected chi connectivity index (χ4v) is 2.73. The van der Waals surface area contributed by atoms with Crippen molar-refractivity contribution in [3.05, 3.63) is 65.7 Å². The SMILES string of the molecule is Cc1cc(C(=O)Nc2ccc(-c3cc(C)n(C)c3)cc2)n(C)c1. The molecule has 4 nitrogen and oxygen atoms in total. The highest BCUT2D eigenvalue weighted by molar-refractivity contribution is 6.03. The van der Waals surface area contributed by atoms with Crippen LogP contribution < -0.4 is 5.32 Å². The molecule has 1 amide bonds. The van der Waals surface area contributed by atoms with E-state index in [-0.39, 0.29) is 5.91 Å². The maximum absolute atomic E-state index is 12.3. The minimum Gasteiger partial charge on any atom is -0.354 e. The van der Waals surface area contributed by atoms with E-state index in [2.05, 4.69) is 29.1 Å². The number of nitrogens with one attached hydrogen (secondary N) is 1. The standard InChI is InChI=1S/C19H21N3O/c1-13-9-18(22(4)11-13)19(23)20-17-7-5-15(6-8-17)16-10-14(2)21(3)12-16/h5-12H,1-4H3,(H,20,23). The Morgan fingerprint density at radius 1 is 0.913 bits per heavy atom. The zero-order chi connectivity index (χ0) is 16.6. The van der Waals surface area contributed by atoms with Gasteiger partial charge in [0.1, 0.15) is 5.69 Å². The summed E-state index contributed by atoms with van der Waals surface area (Å²) >= 11 is 0. The summed E-state index contributed by atoms with van der Waals surface area (Å²) in [5, 5.41) is 2.94. The van der Waals surface area contributed by atoms with Gasteiger partial charge in [-0.25, -0.2) is 0 Å². The number of hydrogen-bond acceptors (Lipinski definition) is 1. The molecule has 23 heavy (non-hydrogen) atoms. The number of rotatable bonds is 3. The summed E-state index contributed by atoms with van der Waals surface area (Å²) in [6.07, 6.45) is 4.05. The summed E-state index contributed by atoms with van der Waals surface area (Å²) in [5.41, 5.74) is 6.07. The molecular formula is C19H21N3O. The zero-order valence-corrected chi connectivity index (χ0v) is 13.9. The van der Waals surface area contributed by atoms with Gasteiger partial charge in [0, 0.05) is 37.9 Å². The third-order valence-corrected chi connectivity index (χ3v) is 4.10. The highest BCUT2D eigenvalue weighted by Gasteiger charge is 2.11. The molecule has 0 bridgehead atoms. The average Bonchev–Trinajstić information content (AvgIpc) is 3.02. The molecule has 0 saturated heterocycles. The van der Waals surface area contributed by atoms with Crippen molar-refractivity contribution in [3.8, 4) is 11.1 Å². The smallest absolute Gasteiger partial charge is 0.272 e. The first-order chi connectivity index (χ1) is 10.9. The maximum atomic E-state index is 12.3. The van der Waals surface area contributed by atoms with Crippen molar-refractivity contribution in [2.24, 2.45) is 14.1 Å². The molecule has 0 radical (unpaired) electrons. The number of nitrogens with zero attached hydrogens (tertiary/aromatic N) is 2. The van der Waals surface area contributed by atoms with E-state index in [1.165, 1.54) is 11.3 Å². The lowest BCUT2D eigenvalue weighted by Gasteiger charge is -2.07. The Hall–Kier alpha value is -2.75. The van der Waals surface area contributed by atoms with Gasteiger partial charge in [-0.1, -0.05) is 12.1 Å². The Balaban J connectivity index is 1.77. The molecule has 3 aromatic rings. The molecule has 0 aliphatic heterocycles. The van der Waals surface area contributed by atoms with Crippen LogP contribution in [0.4, 0.5) is 5.69 Å². The summed E-state index contributed by atoms with van der Waals surface area (Å²) in [6, 6.07) is 12.0. The Kier molecular flexibility index (Phi) is 3.82. The molecule has 0 unspecified atom stereocenters. The minimum atomic E-state index is -0.0936. The number of carbonyl (C=O) groups excluding carboxylic acids is 1. The van der Waals surface area contributed by atoms with E-state index in [0.29, 0.717) is 5.69 Å². The number of carbonyl (C=O) groups is 1. The van der Waals surface area contributed by atoms with Gasteiger partial charge in [-0.3, -0.25) is 4.79 Å². The quantitative estimate of drug-likeness (QED) is 0.783. The second kappa shape index (κ2) is 5.80. The molecule has 0 spiro atoms. The summed E-state index contributed by atoms with van der Waals surface area (Å²) in [5.74, 6) is -0.0936. The topological polar surface area (TPSA) is 39.0 Å². The lowest BCUT2D eigenvalue weighted by atomic mass is 10.1. The van der Waals surface area contributed by atoms with E-state index in [1.807, 2.05) is 62.1 Å². The van der Waals surface area contributed by atoms with Crippen LogP contribution >= 0.6 is 0 Å². The molecule has 0 aliphatic carbocycles. The summed E-state index contributed by atoms with van der Waals surface area (Å²) in [6.45, 7) is 4.06. The maximum Gasteiger partial charge on any atom is 0.272 e. The van der Waals surface area contributed by atoms with Crippen LogP contribution in [0, 0.1) is 13.8 Å². The fourth-order valence-electron chi connectivity index (χ4n) is 2.73. The molecule has 2 heterocycles. The van der Waals surface area contributed by atoms with E-state index in [1.54, 1.807) is 0 Å². The molecule has 4 heteroatoms. The molecule has 0 saturated carbocycles. The summed E-state index contributed by atoms with van der Waals surface area (Å²) < 4.78 is 3.94. The third-order valence-electron chi connectivity index (χ3n) is 4.10. The van der Waals surface area contributed by atoms with Crippen molar-refractivity contribution in [2.45, 2.75) is 13.8 Å². The Bertz CT molecular complexity index is 834. The van der Waals surface area contributed by atoms with E-state index in [4.69, 9.17) is 0 Å². The van der Waals surface area contributed by atoms with Crippen LogP contribution in [0.15, 0.2) is 48.8 Å². The van der Waals surface area contributed by atoms with Gasteiger partial charge >= 0.3 is 0 Å². The van der Waals surface area contributed by atoms with Crippen LogP contribution in [0.1, 0.15) is 21.7 Å². The van der Waals surface area contributed by atoms with Crippen molar-refractivity contribution in [2.75, 3.05) is 5.32 Å². The monoisotopic (exact) mass is 307 g/mol. The fraction of sp³-hybridized carbons (Fsp3) is 0.211. The number of aryl methyl sites for hydroxylation is 4. The number of aromatic nitrogens is 2. The lowest BCUT2D eigenvalue weighted by Crippen LogP contribution is -2.15. The number of amides is 1. The zero-order valence-electron chi connectivity index (χ0n) is 13.9. The van der Waals surface area contributed by atoms with Gasteiger partial charge in [-0.05, 0) is 54.8 Å². The first-order valence-electron chi connectivity index (χ1n) is 7.62. The van der Waals surface area contributed by atoms with Gasteiger partial charge in [-0.15, -0.1) is 0 Å². The van der Waals surface area contributed by atoms with E-state index in [0.717, 1.165) is 16.8 Å². The molecule has 0 atom stereocenters. The predicted molar refractivity (Wildman–Crippen MR) is 93.7 cm³/mol. The highest BCUT2D eigenvalue weighted by Crippen LogP contribution is 2.23. The van der Waals surface area contributed by atoms with Crippen molar-refractivity contribution >= 4 is 11.6 Å². The van der Waals surface area contributed by atoms with E-state index in [9.17, 15) is 4.79 Å². The minimum absolute atomic E-state index is 0.0936. The summed E-state index contributed by atoms with van der Waals surface area (Å²) in [4.78, 5) is 12.3. The number of benzene rings is 1. The van der Waals surface area contributed by atoms with Crippen LogP contribution in [-0.2, 0) is 14.1 Å². The van der Waals surface area contributed by atoms with Crippen molar-refractivity contribution in [1.29, 1.82) is 0 Å². The van der Waals surface area contributed by atoms with Crippen molar-refractivity contribution < 1.29 is 4.79 Å². The molecule has 1 aromatic carbocycles. The first-order valence-corrected chi connectivity index (χ1v) is 7.62. The van der Waals surface area contributed by atoms with E-state index < -0.39 is 0 Å². The first kappa shape index (κ1) is 15.2. The van der Waals surface area contributed by atoms with Gasteiger partial charge < -0.3 is 14.5 Å². The third kappa shape index (κ3) is 3.06. The van der Waals surface area contributed by atoms with Gasteiger partial charge in [0.25, 0.3) is 5.91 Å². The number of anilines is 1. The van der Waals surface area contributed by atoms with Crippen LogP contribution in [0.3, 0.4) is 0 Å². The molecule has 0 fully saturated rings. The van der Waals surface area contributed by atoms with Crippen LogP contribution in [-0.4, -0.2) is 15.0 Å². The van der Waals surface area contributed by atoms with Gasteiger partial charge in [-0.2, -0.15) is 0 Å². The molecule has 118 valence electrons. The number of hydrogen-bond donors (Lipinski definition) is 1. The van der Waals surface area contributed by atoms with Gasteiger partial charge in [0.2, 0.25) is 0 Å². The second-order valence-electron chi connectivity index (χ2n) is 6.03. The van der Waals surface area contributed by atoms with Crippen LogP contribution in [0.5, 0.6) is 0 Å². The second-order valence-corrected chi connectivity index (χ2v) is 6.03. The van der Waals surface area contributed by atoms with Crippen molar-refractivity contribution in [1.82, 2.24) is 9.13 Å². The summed E-state index contributed by atoms with van der Waals surface area (Å²) in [7, 11) is 3.91. The molecule has 0 aliphatic rings. The van der Waals surface area contributed by atoms with Crippen LogP contribution in [0.2, 0.25) is 0 Å². The largest absolute Gasteiger partial charge is 0.354 e. The highest BCUT2D eigenvalue weighted by atomic mass is 16.1. The average molecular weight is 307 g/mol. The molecular weight excluding hydrogens is 286 g/mol. The molecule has 2 aromatic heterocycles. The van der Waals surface area contributed by atoms with Gasteiger partial charge in [0.05, 0.1) is 0 Å². The van der Waals surface area contributed by atoms with E-state index >= 15 is 0 Å². The van der Waals surface area contributed by atoms with Crippen LogP contribution in [0.25, 0.3) is 11.1 Å². The Labute approximate surface area is 136 Å². The Morgan fingerprint density at radius 2 is 1.61 bits per heavy atom. The normalized spacial score (nSPS) is 10.8. The molecule has 3 rings (SSSR count). The van der Waals surface area contributed by atoms with Gasteiger partial charge in [0.15, 0.2) is 0 Å². The van der Waals surface area contributed by atoms with Crippen molar-refractivity contribution in [3.63, 3.8) is 0 Å². The predicted octanol–water partition coefficient (Wildman–Crippen LogP) is 3.90. The molecule has 1 N–H and O–H groups in total. The lowest BCUT2D eigenvalue weighted by molar-refractivity contribution is 0.101. The Morgan fingerprint density at radius 3 is 2.13 bits per heavy atom.